The fourth-order valence-corrected chi connectivity index (χ4v) is 4.73. The minimum atomic E-state index is -0.998. The van der Waals surface area contributed by atoms with Crippen molar-refractivity contribution in [3.8, 4) is 11.1 Å². The Morgan fingerprint density at radius 1 is 1.21 bits per heavy atom. The number of amides is 1. The van der Waals surface area contributed by atoms with Crippen molar-refractivity contribution in [3.63, 3.8) is 0 Å². The van der Waals surface area contributed by atoms with E-state index in [0.717, 1.165) is 36.1 Å². The Kier molecular flexibility index (Phi) is 5.43. The smallest absolute Gasteiger partial charge is 0.404 e. The van der Waals surface area contributed by atoms with Crippen LogP contribution in [-0.4, -0.2) is 28.0 Å². The Labute approximate surface area is 168 Å². The molecule has 5 nitrogen and oxygen atoms in total. The second-order valence-electron chi connectivity index (χ2n) is 7.92. The minimum absolute atomic E-state index is 0.0543. The molecule has 1 aromatic heterocycles. The lowest BCUT2D eigenvalue weighted by molar-refractivity contribution is -0.120. The number of hydrogen-bond acceptors (Lipinski definition) is 3. The normalized spacial score (nSPS) is 26.4. The number of carbonyl (C=O) groups excluding carboxylic acids is 1. The number of carboxylic acid groups (broad SMARTS) is 1. The molecule has 0 saturated heterocycles. The zero-order chi connectivity index (χ0) is 20.4. The van der Waals surface area contributed by atoms with Crippen molar-refractivity contribution in [2.24, 2.45) is 17.8 Å². The molecule has 2 N–H and O–H groups in total. The molecule has 0 aliphatic heterocycles. The second-order valence-corrected chi connectivity index (χ2v) is 7.92. The molecular formula is C23H23FN2O3. The first-order valence-corrected chi connectivity index (χ1v) is 9.92. The highest BCUT2D eigenvalue weighted by Gasteiger charge is 2.44. The number of nitrogens with zero attached hydrogens (tertiary/aromatic N) is 1. The van der Waals surface area contributed by atoms with Gasteiger partial charge in [0.15, 0.2) is 0 Å². The van der Waals surface area contributed by atoms with Gasteiger partial charge in [-0.3, -0.25) is 9.78 Å². The van der Waals surface area contributed by atoms with Crippen LogP contribution in [0, 0.1) is 23.6 Å². The summed E-state index contributed by atoms with van der Waals surface area (Å²) in [5.74, 6) is 0.330. The Balaban J connectivity index is 1.42. The molecule has 0 bridgehead atoms. The van der Waals surface area contributed by atoms with Crippen molar-refractivity contribution < 1.29 is 19.1 Å². The third-order valence-electron chi connectivity index (χ3n) is 6.08. The van der Waals surface area contributed by atoms with E-state index >= 15 is 0 Å². The maximum absolute atomic E-state index is 13.4. The highest BCUT2D eigenvalue weighted by molar-refractivity contribution is 5.86. The van der Waals surface area contributed by atoms with Crippen molar-refractivity contribution in [1.29, 1.82) is 0 Å². The number of aromatic nitrogens is 1. The van der Waals surface area contributed by atoms with Crippen molar-refractivity contribution in [3.05, 3.63) is 60.2 Å². The molecule has 1 amide bonds. The van der Waals surface area contributed by atoms with Gasteiger partial charge >= 0.3 is 6.09 Å². The van der Waals surface area contributed by atoms with Crippen molar-refractivity contribution in [1.82, 2.24) is 10.3 Å². The lowest BCUT2D eigenvalue weighted by Crippen LogP contribution is -2.39. The molecule has 29 heavy (non-hydrogen) atoms. The van der Waals surface area contributed by atoms with Crippen LogP contribution in [0.1, 0.15) is 31.4 Å². The van der Waals surface area contributed by atoms with Crippen LogP contribution in [0.5, 0.6) is 0 Å². The average Bonchev–Trinajstić information content (AvgIpc) is 3.00. The summed E-state index contributed by atoms with van der Waals surface area (Å²) in [5, 5.41) is 11.5. The van der Waals surface area contributed by atoms with E-state index < -0.39 is 6.09 Å². The molecule has 0 radical (unpaired) electrons. The standard InChI is InChI=1S/C23H23FN2O3/c24-17-3-1-2-14(10-17)15-4-5-18(25-13-15)6-9-21-20-8-7-19(26-23(28)29)11-16(20)12-22(21)27/h1-6,9-10,13,16,19-21,26H,7-8,11-12H2,(H,28,29)/t16-,19?,20+,21-/m0/s1. The lowest BCUT2D eigenvalue weighted by Gasteiger charge is -2.32. The van der Waals surface area contributed by atoms with Gasteiger partial charge in [0.05, 0.1) is 5.69 Å². The SMILES string of the molecule is O=C(O)NC1CC[C@@H]2[C@H](CC(=O)[C@H]2C=Cc2ccc(-c3cccc(F)c3)cn2)C1. The monoisotopic (exact) mass is 394 g/mol. The van der Waals surface area contributed by atoms with Crippen molar-refractivity contribution in [2.75, 3.05) is 0 Å². The minimum Gasteiger partial charge on any atom is -0.465 e. The van der Waals surface area contributed by atoms with Crippen LogP contribution >= 0.6 is 0 Å². The third-order valence-corrected chi connectivity index (χ3v) is 6.08. The number of fused-ring (bicyclic) bond motifs is 1. The summed E-state index contributed by atoms with van der Waals surface area (Å²) in [6, 6.07) is 10.1. The second kappa shape index (κ2) is 8.15. The van der Waals surface area contributed by atoms with Gasteiger partial charge in [-0.05, 0) is 60.9 Å². The number of pyridine rings is 1. The van der Waals surface area contributed by atoms with Gasteiger partial charge in [-0.25, -0.2) is 9.18 Å². The predicted octanol–water partition coefficient (Wildman–Crippen LogP) is 4.54. The first-order valence-electron chi connectivity index (χ1n) is 9.92. The van der Waals surface area contributed by atoms with Crippen LogP contribution in [0.2, 0.25) is 0 Å². The molecule has 1 heterocycles. The molecule has 1 aromatic carbocycles. The van der Waals surface area contributed by atoms with E-state index in [4.69, 9.17) is 5.11 Å². The molecule has 2 fully saturated rings. The fourth-order valence-electron chi connectivity index (χ4n) is 4.73. The van der Waals surface area contributed by atoms with E-state index in [0.29, 0.717) is 6.42 Å². The van der Waals surface area contributed by atoms with Crippen molar-refractivity contribution in [2.45, 2.75) is 31.7 Å². The van der Waals surface area contributed by atoms with Gasteiger partial charge in [0.2, 0.25) is 0 Å². The van der Waals surface area contributed by atoms with Gasteiger partial charge in [-0.15, -0.1) is 0 Å². The predicted molar refractivity (Wildman–Crippen MR) is 108 cm³/mol. The number of Topliss-reactive ketones (excluding diaryl/α,β-unsaturated/α-hetero) is 1. The summed E-state index contributed by atoms with van der Waals surface area (Å²) < 4.78 is 13.4. The number of rotatable bonds is 4. The number of benzene rings is 1. The zero-order valence-electron chi connectivity index (χ0n) is 15.9. The Morgan fingerprint density at radius 3 is 2.79 bits per heavy atom. The van der Waals surface area contributed by atoms with Crippen molar-refractivity contribution >= 4 is 18.0 Å². The summed E-state index contributed by atoms with van der Waals surface area (Å²) >= 11 is 0. The fraction of sp³-hybridized carbons (Fsp3) is 0.348. The summed E-state index contributed by atoms with van der Waals surface area (Å²) in [6.07, 6.45) is 7.40. The summed E-state index contributed by atoms with van der Waals surface area (Å²) in [4.78, 5) is 27.8. The van der Waals surface area contributed by atoms with E-state index in [2.05, 4.69) is 10.3 Å². The van der Waals surface area contributed by atoms with E-state index in [9.17, 15) is 14.0 Å². The average molecular weight is 394 g/mol. The molecule has 1 unspecified atom stereocenters. The number of allylic oxidation sites excluding steroid dienone is 1. The van der Waals surface area contributed by atoms with Gasteiger partial charge in [0.25, 0.3) is 0 Å². The number of carbonyl (C=O) groups is 2. The lowest BCUT2D eigenvalue weighted by atomic mass is 9.76. The number of hydrogen-bond donors (Lipinski definition) is 2. The number of nitrogens with one attached hydrogen (secondary N) is 1. The molecule has 4 rings (SSSR count). The molecule has 4 atom stereocenters. The summed E-state index contributed by atoms with van der Waals surface area (Å²) in [7, 11) is 0. The van der Waals surface area contributed by atoms with Gasteiger partial charge in [0, 0.05) is 30.1 Å². The van der Waals surface area contributed by atoms with Gasteiger partial charge < -0.3 is 10.4 Å². The van der Waals surface area contributed by atoms with E-state index in [-0.39, 0.29) is 35.4 Å². The maximum Gasteiger partial charge on any atom is 0.404 e. The van der Waals surface area contributed by atoms with E-state index in [1.807, 2.05) is 30.4 Å². The van der Waals surface area contributed by atoms with E-state index in [1.165, 1.54) is 12.1 Å². The topological polar surface area (TPSA) is 79.3 Å². The molecule has 2 aromatic rings. The van der Waals surface area contributed by atoms with Gasteiger partial charge in [-0.1, -0.05) is 24.3 Å². The molecule has 150 valence electrons. The number of halogens is 1. The Bertz CT molecular complexity index is 941. The van der Waals surface area contributed by atoms with Crippen LogP contribution < -0.4 is 5.32 Å². The first-order chi connectivity index (χ1) is 14.0. The highest BCUT2D eigenvalue weighted by Crippen LogP contribution is 2.44. The Morgan fingerprint density at radius 2 is 2.07 bits per heavy atom. The largest absolute Gasteiger partial charge is 0.465 e. The Hall–Kier alpha value is -3.02. The van der Waals surface area contributed by atoms with Crippen LogP contribution in [0.3, 0.4) is 0 Å². The molecule has 2 aliphatic rings. The zero-order valence-corrected chi connectivity index (χ0v) is 15.9. The maximum atomic E-state index is 13.4. The van der Waals surface area contributed by atoms with Crippen LogP contribution in [-0.2, 0) is 4.79 Å². The van der Waals surface area contributed by atoms with Crippen LogP contribution in [0.4, 0.5) is 9.18 Å². The molecule has 0 spiro atoms. The quantitative estimate of drug-likeness (QED) is 0.798. The first kappa shape index (κ1) is 19.3. The van der Waals surface area contributed by atoms with Crippen LogP contribution in [0.25, 0.3) is 17.2 Å². The van der Waals surface area contributed by atoms with Gasteiger partial charge in [0.1, 0.15) is 11.6 Å². The number of ketones is 1. The van der Waals surface area contributed by atoms with Crippen LogP contribution in [0.15, 0.2) is 48.7 Å². The summed E-state index contributed by atoms with van der Waals surface area (Å²) in [6.45, 7) is 0. The van der Waals surface area contributed by atoms with Gasteiger partial charge in [-0.2, -0.15) is 0 Å². The highest BCUT2D eigenvalue weighted by atomic mass is 19.1. The van der Waals surface area contributed by atoms with E-state index in [1.54, 1.807) is 12.3 Å². The molecule has 2 aliphatic carbocycles. The molecular weight excluding hydrogens is 371 g/mol. The molecule has 2 saturated carbocycles. The molecule has 6 heteroatoms. The third kappa shape index (κ3) is 4.36. The summed E-state index contributed by atoms with van der Waals surface area (Å²) in [5.41, 5.74) is 2.36.